The predicted molar refractivity (Wildman–Crippen MR) is 210 cm³/mol. The molecule has 0 fully saturated rings. The van der Waals surface area contributed by atoms with Gasteiger partial charge in [0.1, 0.15) is 0 Å². The first kappa shape index (κ1) is 29.0. The van der Waals surface area contributed by atoms with Crippen LogP contribution in [0.5, 0.6) is 0 Å². The standard InChI is InChI=1S/C48H35N/c1-32-24-25-37(30-33(32)2)47-41-21-11-12-22-42(41)48(40-23-13-19-34-14-9-10-20-39(34)40)43-27-26-38(31-44(43)47)49-45(35-15-5-3-6-16-35)28-29-46(49)36-17-7-4-8-18-36/h3-31H,1-2H3. The third-order valence-electron chi connectivity index (χ3n) is 10.1. The van der Waals surface area contributed by atoms with Gasteiger partial charge in [-0.3, -0.25) is 0 Å². The largest absolute Gasteiger partial charge is 0.309 e. The summed E-state index contributed by atoms with van der Waals surface area (Å²) in [5, 5.41) is 7.54. The Morgan fingerprint density at radius 1 is 0.347 bits per heavy atom. The minimum atomic E-state index is 1.14. The molecule has 9 rings (SSSR count). The van der Waals surface area contributed by atoms with Crippen molar-refractivity contribution < 1.29 is 0 Å². The molecule has 49 heavy (non-hydrogen) atoms. The van der Waals surface area contributed by atoms with Crippen molar-refractivity contribution in [2.45, 2.75) is 13.8 Å². The van der Waals surface area contributed by atoms with Crippen LogP contribution in [0.15, 0.2) is 176 Å². The molecule has 0 bridgehead atoms. The molecule has 1 heteroatoms. The third kappa shape index (κ3) is 4.86. The zero-order valence-corrected chi connectivity index (χ0v) is 27.7. The van der Waals surface area contributed by atoms with Crippen LogP contribution in [0.4, 0.5) is 0 Å². The van der Waals surface area contributed by atoms with E-state index in [9.17, 15) is 0 Å². The number of aryl methyl sites for hydroxylation is 2. The van der Waals surface area contributed by atoms with Gasteiger partial charge in [-0.25, -0.2) is 0 Å². The zero-order valence-electron chi connectivity index (χ0n) is 27.7. The summed E-state index contributed by atoms with van der Waals surface area (Å²) in [5.74, 6) is 0. The molecular formula is C48H35N. The van der Waals surface area contributed by atoms with Crippen LogP contribution in [-0.2, 0) is 0 Å². The van der Waals surface area contributed by atoms with Crippen molar-refractivity contribution in [2.75, 3.05) is 0 Å². The Kier molecular flexibility index (Phi) is 6.99. The second-order valence-corrected chi connectivity index (χ2v) is 13.0. The monoisotopic (exact) mass is 625 g/mol. The van der Waals surface area contributed by atoms with E-state index in [1.165, 1.54) is 88.2 Å². The molecule has 0 saturated carbocycles. The molecule has 0 saturated heterocycles. The Hall–Kier alpha value is -6.18. The van der Waals surface area contributed by atoms with E-state index in [-0.39, 0.29) is 0 Å². The van der Waals surface area contributed by atoms with E-state index in [1.54, 1.807) is 0 Å². The molecule has 232 valence electrons. The van der Waals surface area contributed by atoms with E-state index in [1.807, 2.05) is 0 Å². The summed E-state index contributed by atoms with van der Waals surface area (Å²) in [7, 11) is 0. The normalized spacial score (nSPS) is 11.5. The van der Waals surface area contributed by atoms with Crippen LogP contribution in [-0.4, -0.2) is 4.57 Å². The molecule has 0 atom stereocenters. The molecule has 1 nitrogen and oxygen atoms in total. The van der Waals surface area contributed by atoms with Crippen molar-refractivity contribution >= 4 is 32.3 Å². The first-order valence-electron chi connectivity index (χ1n) is 17.0. The lowest BCUT2D eigenvalue weighted by atomic mass is 9.84. The maximum absolute atomic E-state index is 2.43. The van der Waals surface area contributed by atoms with E-state index in [4.69, 9.17) is 0 Å². The average molecular weight is 626 g/mol. The number of rotatable bonds is 5. The molecule has 0 amide bonds. The second kappa shape index (κ2) is 11.8. The lowest BCUT2D eigenvalue weighted by molar-refractivity contribution is 1.10. The van der Waals surface area contributed by atoms with E-state index >= 15 is 0 Å². The van der Waals surface area contributed by atoms with Gasteiger partial charge in [0, 0.05) is 5.69 Å². The highest BCUT2D eigenvalue weighted by Crippen LogP contribution is 2.46. The summed E-state index contributed by atoms with van der Waals surface area (Å²) in [6.45, 7) is 4.41. The van der Waals surface area contributed by atoms with Crippen LogP contribution in [0.3, 0.4) is 0 Å². The fourth-order valence-electron chi connectivity index (χ4n) is 7.63. The van der Waals surface area contributed by atoms with Crippen molar-refractivity contribution in [3.05, 3.63) is 187 Å². The van der Waals surface area contributed by atoms with Crippen molar-refractivity contribution in [3.63, 3.8) is 0 Å². The van der Waals surface area contributed by atoms with Crippen LogP contribution in [0.2, 0.25) is 0 Å². The molecule has 1 heterocycles. The van der Waals surface area contributed by atoms with E-state index in [0.717, 1.165) is 5.69 Å². The van der Waals surface area contributed by atoms with Gasteiger partial charge in [-0.2, -0.15) is 0 Å². The van der Waals surface area contributed by atoms with E-state index in [2.05, 4.69) is 194 Å². The molecule has 9 aromatic rings. The summed E-state index contributed by atoms with van der Waals surface area (Å²) < 4.78 is 2.43. The number of aromatic nitrogens is 1. The number of benzene rings is 8. The second-order valence-electron chi connectivity index (χ2n) is 13.0. The smallest absolute Gasteiger partial charge is 0.0535 e. The molecule has 0 aliphatic heterocycles. The first-order valence-corrected chi connectivity index (χ1v) is 17.0. The molecule has 8 aromatic carbocycles. The highest BCUT2D eigenvalue weighted by atomic mass is 15.0. The summed E-state index contributed by atoms with van der Waals surface area (Å²) >= 11 is 0. The predicted octanol–water partition coefficient (Wildman–Crippen LogP) is 13.2. The van der Waals surface area contributed by atoms with Crippen LogP contribution in [0, 0.1) is 13.8 Å². The minimum absolute atomic E-state index is 1.14. The summed E-state index contributed by atoms with van der Waals surface area (Å²) in [6, 6.07) is 64.4. The zero-order chi connectivity index (χ0) is 32.9. The fraction of sp³-hybridized carbons (Fsp3) is 0.0417. The molecule has 1 aromatic heterocycles. The van der Waals surface area contributed by atoms with E-state index in [0.29, 0.717) is 0 Å². The van der Waals surface area contributed by atoms with Gasteiger partial charge in [-0.15, -0.1) is 0 Å². The van der Waals surface area contributed by atoms with Gasteiger partial charge in [0.05, 0.1) is 11.4 Å². The van der Waals surface area contributed by atoms with Gasteiger partial charge in [0.2, 0.25) is 0 Å². The molecule has 0 N–H and O–H groups in total. The van der Waals surface area contributed by atoms with Crippen molar-refractivity contribution in [3.8, 4) is 50.5 Å². The topological polar surface area (TPSA) is 4.93 Å². The Morgan fingerprint density at radius 2 is 0.918 bits per heavy atom. The number of hydrogen-bond donors (Lipinski definition) is 0. The molecule has 0 aliphatic carbocycles. The lowest BCUT2D eigenvalue weighted by Crippen LogP contribution is -2.00. The van der Waals surface area contributed by atoms with Gasteiger partial charge in [-0.1, -0.05) is 152 Å². The molecule has 0 spiro atoms. The van der Waals surface area contributed by atoms with Crippen molar-refractivity contribution in [2.24, 2.45) is 0 Å². The number of nitrogens with zero attached hydrogens (tertiary/aromatic N) is 1. The third-order valence-corrected chi connectivity index (χ3v) is 10.1. The Bertz CT molecular complexity index is 2600. The summed E-state index contributed by atoms with van der Waals surface area (Å²) in [4.78, 5) is 0. The average Bonchev–Trinajstić information content (AvgIpc) is 3.61. The maximum atomic E-state index is 2.43. The van der Waals surface area contributed by atoms with Crippen LogP contribution in [0.1, 0.15) is 11.1 Å². The fourth-order valence-corrected chi connectivity index (χ4v) is 7.63. The SMILES string of the molecule is Cc1ccc(-c2c3ccccc3c(-c3cccc4ccccc34)c3ccc(-n4c(-c5ccccc5)ccc4-c4ccccc4)cc23)cc1C. The molecular weight excluding hydrogens is 591 g/mol. The first-order chi connectivity index (χ1) is 24.2. The van der Waals surface area contributed by atoms with E-state index < -0.39 is 0 Å². The molecule has 0 unspecified atom stereocenters. The molecule has 0 aliphatic rings. The van der Waals surface area contributed by atoms with Gasteiger partial charge in [0.25, 0.3) is 0 Å². The van der Waals surface area contributed by atoms with Crippen LogP contribution < -0.4 is 0 Å². The van der Waals surface area contributed by atoms with Crippen LogP contribution >= 0.6 is 0 Å². The van der Waals surface area contributed by atoms with Gasteiger partial charge < -0.3 is 4.57 Å². The number of fused-ring (bicyclic) bond motifs is 3. The van der Waals surface area contributed by atoms with Crippen molar-refractivity contribution in [1.82, 2.24) is 4.57 Å². The quantitative estimate of drug-likeness (QED) is 0.168. The maximum Gasteiger partial charge on any atom is 0.0535 e. The Balaban J connectivity index is 1.43. The number of hydrogen-bond acceptors (Lipinski definition) is 0. The Morgan fingerprint density at radius 3 is 1.59 bits per heavy atom. The highest BCUT2D eigenvalue weighted by Gasteiger charge is 2.21. The van der Waals surface area contributed by atoms with Crippen LogP contribution in [0.25, 0.3) is 82.8 Å². The Labute approximate surface area is 287 Å². The van der Waals surface area contributed by atoms with Gasteiger partial charge in [-0.05, 0) is 115 Å². The highest BCUT2D eigenvalue weighted by molar-refractivity contribution is 6.23. The van der Waals surface area contributed by atoms with Gasteiger partial charge in [0.15, 0.2) is 0 Å². The van der Waals surface area contributed by atoms with Gasteiger partial charge >= 0.3 is 0 Å². The van der Waals surface area contributed by atoms with Crippen molar-refractivity contribution in [1.29, 1.82) is 0 Å². The summed E-state index contributed by atoms with van der Waals surface area (Å²) in [5.41, 5.74) is 13.5. The summed E-state index contributed by atoms with van der Waals surface area (Å²) in [6.07, 6.45) is 0. The minimum Gasteiger partial charge on any atom is -0.309 e. The molecule has 0 radical (unpaired) electrons. The lowest BCUT2D eigenvalue weighted by Gasteiger charge is -2.21.